The lowest BCUT2D eigenvalue weighted by molar-refractivity contribution is -0.141. The lowest BCUT2D eigenvalue weighted by Crippen LogP contribution is -2.52. The molecule has 0 saturated carbocycles. The predicted molar refractivity (Wildman–Crippen MR) is 300 cm³/mol. The van der Waals surface area contributed by atoms with E-state index in [2.05, 4.69) is 16.0 Å². The lowest BCUT2D eigenvalue weighted by atomic mass is 9.99. The van der Waals surface area contributed by atoms with Gasteiger partial charge in [0.05, 0.1) is 58.9 Å². The number of hydrogen-bond acceptors (Lipinski definition) is 18. The number of carbonyl (C=O) groups is 10. The molecule has 3 aromatic rings. The Labute approximate surface area is 480 Å². The van der Waals surface area contributed by atoms with Crippen molar-refractivity contribution in [3.8, 4) is 0 Å². The summed E-state index contributed by atoms with van der Waals surface area (Å²) in [6, 6.07) is 20.5. The van der Waals surface area contributed by atoms with Gasteiger partial charge in [-0.05, 0) is 28.0 Å². The van der Waals surface area contributed by atoms with E-state index in [0.717, 1.165) is 16.3 Å². The van der Waals surface area contributed by atoms with Crippen molar-refractivity contribution >= 4 is 70.2 Å². The Morgan fingerprint density at radius 3 is 1.11 bits per heavy atom. The number of fused-ring (bicyclic) bond motifs is 1. The summed E-state index contributed by atoms with van der Waals surface area (Å²) in [5.74, 6) is -9.04. The fourth-order valence-corrected chi connectivity index (χ4v) is 9.81. The first-order valence-corrected chi connectivity index (χ1v) is 27.4. The van der Waals surface area contributed by atoms with Gasteiger partial charge in [-0.2, -0.15) is 0 Å². The normalized spacial score (nSPS) is 17.3. The van der Waals surface area contributed by atoms with Gasteiger partial charge in [0.1, 0.15) is 6.04 Å². The van der Waals surface area contributed by atoms with Gasteiger partial charge in [0, 0.05) is 124 Å². The number of aliphatic carboxylic acids is 6. The first-order chi connectivity index (χ1) is 39.7. The summed E-state index contributed by atoms with van der Waals surface area (Å²) in [6.45, 7) is -0.997. The number of carbonyl (C=O) groups excluding carboxylic acids is 4. The second-order valence-electron chi connectivity index (χ2n) is 20.5. The van der Waals surface area contributed by atoms with E-state index in [1.165, 1.54) is 4.90 Å². The smallest absolute Gasteiger partial charge is 0.317 e. The van der Waals surface area contributed by atoms with Gasteiger partial charge in [-0.1, -0.05) is 66.7 Å². The molecule has 2 aliphatic rings. The molecule has 1 atom stereocenters. The highest BCUT2D eigenvalue weighted by atomic mass is 16.4. The van der Waals surface area contributed by atoms with Crippen LogP contribution < -0.4 is 16.0 Å². The number of carboxylic acid groups (broad SMARTS) is 6. The summed E-state index contributed by atoms with van der Waals surface area (Å²) >= 11 is 0. The molecule has 0 aliphatic carbocycles. The monoisotopic (exact) mass is 1160 g/mol. The lowest BCUT2D eigenvalue weighted by Gasteiger charge is -2.33. The highest BCUT2D eigenvalue weighted by Crippen LogP contribution is 2.26. The minimum absolute atomic E-state index is 0.0910. The van der Waals surface area contributed by atoms with Gasteiger partial charge in [0.25, 0.3) is 0 Å². The zero-order valence-corrected chi connectivity index (χ0v) is 46.6. The first-order valence-electron chi connectivity index (χ1n) is 27.4. The van der Waals surface area contributed by atoms with E-state index >= 15 is 0 Å². The summed E-state index contributed by atoms with van der Waals surface area (Å²) < 4.78 is 0. The minimum atomic E-state index is -1.31. The van der Waals surface area contributed by atoms with Gasteiger partial charge in [0.15, 0.2) is 0 Å². The van der Waals surface area contributed by atoms with Crippen molar-refractivity contribution in [3.63, 3.8) is 0 Å². The van der Waals surface area contributed by atoms with Crippen LogP contribution in [-0.2, 0) is 54.5 Å². The van der Waals surface area contributed by atoms with Crippen LogP contribution >= 0.6 is 0 Å². The third-order valence-corrected chi connectivity index (χ3v) is 14.1. The van der Waals surface area contributed by atoms with Gasteiger partial charge in [-0.3, -0.25) is 87.1 Å². The highest BCUT2D eigenvalue weighted by molar-refractivity contribution is 5.93. The molecule has 1 unspecified atom stereocenters. The first kappa shape index (κ1) is 66.1. The molecule has 0 spiro atoms. The molecule has 0 bridgehead atoms. The molecule has 2 saturated heterocycles. The Morgan fingerprint density at radius 1 is 0.398 bits per heavy atom. The van der Waals surface area contributed by atoms with E-state index in [1.54, 1.807) is 51.3 Å². The quantitative estimate of drug-likeness (QED) is 0.0392. The number of rotatable bonds is 26. The molecular formula is C55H78N12O16. The van der Waals surface area contributed by atoms with Crippen LogP contribution in [0.4, 0.5) is 0 Å². The fourth-order valence-electron chi connectivity index (χ4n) is 9.81. The van der Waals surface area contributed by atoms with E-state index in [0.29, 0.717) is 5.56 Å². The Hall–Kier alpha value is -7.70. The van der Waals surface area contributed by atoms with E-state index in [1.807, 2.05) is 60.7 Å². The van der Waals surface area contributed by atoms with Crippen molar-refractivity contribution in [2.45, 2.75) is 12.6 Å². The third kappa shape index (κ3) is 25.1. The average Bonchev–Trinajstić information content (AvgIpc) is 3.63. The van der Waals surface area contributed by atoms with Crippen LogP contribution in [0.25, 0.3) is 10.8 Å². The van der Waals surface area contributed by atoms with Crippen molar-refractivity contribution in [1.82, 2.24) is 60.0 Å². The second kappa shape index (κ2) is 34.7. The van der Waals surface area contributed by atoms with Crippen LogP contribution in [0.2, 0.25) is 0 Å². The molecule has 9 N–H and O–H groups in total. The van der Waals surface area contributed by atoms with Crippen molar-refractivity contribution in [1.29, 1.82) is 0 Å². The maximum absolute atomic E-state index is 14.8. The SMILES string of the molecule is O=C(O)CN1CCN(CC(=O)O)CCN(CC(=O)NCCN(C(=O)CNC(=O)CN2CCN(CC(=O)O)CCN(CC(=O)O)CCN(CC(=O)O)CC2)C(C(=O)NCc2ccccc2)c2ccc3ccccc3c2)CCN(CC(=O)O)CC1. The van der Waals surface area contributed by atoms with Crippen LogP contribution in [0.15, 0.2) is 72.8 Å². The summed E-state index contributed by atoms with van der Waals surface area (Å²) in [5.41, 5.74) is 1.19. The maximum atomic E-state index is 14.8. The standard InChI is InChI=1S/C55H78N12O16/c68-45(33-59-14-18-61(35-48(71)72)22-26-65(39-52(79)80)27-23-62(19-15-59)36-49(73)74)56-12-13-67(54(55(83)58-31-41-6-2-1-3-7-41)44-11-10-42-8-4-5-9-43(42)30-44)47(70)32-57-46(69)34-60-16-20-63(37-50(75)76)24-28-66(40-53(81)82)29-25-64(21-17-60)38-51(77)78/h1-11,30,54H,12-29,31-40H2,(H,56,68)(H,57,69)(H,58,83)(H,71,72)(H,73,74)(H,75,76)(H,77,78)(H,79,80)(H,81,82). The molecule has 83 heavy (non-hydrogen) atoms. The molecule has 2 heterocycles. The van der Waals surface area contributed by atoms with Crippen molar-refractivity contribution in [3.05, 3.63) is 83.9 Å². The van der Waals surface area contributed by atoms with Crippen LogP contribution in [0, 0.1) is 0 Å². The van der Waals surface area contributed by atoms with E-state index < -0.39 is 72.0 Å². The van der Waals surface area contributed by atoms with Crippen LogP contribution in [0.1, 0.15) is 17.2 Å². The zero-order valence-electron chi connectivity index (χ0n) is 46.6. The van der Waals surface area contributed by atoms with E-state index in [-0.39, 0.29) is 177 Å². The minimum Gasteiger partial charge on any atom is -0.480 e. The van der Waals surface area contributed by atoms with Crippen LogP contribution in [0.5, 0.6) is 0 Å². The number of amides is 4. The number of nitrogens with one attached hydrogen (secondary N) is 3. The average molecular weight is 1160 g/mol. The predicted octanol–water partition coefficient (Wildman–Crippen LogP) is -2.79. The Balaban J connectivity index is 1.38. The molecule has 454 valence electrons. The molecular weight excluding hydrogens is 1080 g/mol. The molecule has 28 heteroatoms. The maximum Gasteiger partial charge on any atom is 0.317 e. The van der Waals surface area contributed by atoms with Crippen molar-refractivity contribution in [2.24, 2.45) is 0 Å². The molecule has 2 fully saturated rings. The Bertz CT molecular complexity index is 2610. The third-order valence-electron chi connectivity index (χ3n) is 14.1. The number of hydrogen-bond donors (Lipinski definition) is 9. The summed E-state index contributed by atoms with van der Waals surface area (Å²) in [4.78, 5) is 143. The van der Waals surface area contributed by atoms with Gasteiger partial charge in [-0.25, -0.2) is 0 Å². The second-order valence-corrected chi connectivity index (χ2v) is 20.5. The fraction of sp³-hybridized carbons (Fsp3) is 0.527. The summed E-state index contributed by atoms with van der Waals surface area (Å²) in [6.07, 6.45) is 0. The molecule has 0 aromatic heterocycles. The highest BCUT2D eigenvalue weighted by Gasteiger charge is 2.33. The summed E-state index contributed by atoms with van der Waals surface area (Å²) in [5, 5.41) is 67.9. The van der Waals surface area contributed by atoms with Crippen molar-refractivity contribution < 1.29 is 78.6 Å². The molecule has 2 aliphatic heterocycles. The van der Waals surface area contributed by atoms with Gasteiger partial charge in [-0.15, -0.1) is 0 Å². The molecule has 4 amide bonds. The summed E-state index contributed by atoms with van der Waals surface area (Å²) in [7, 11) is 0. The van der Waals surface area contributed by atoms with Gasteiger partial charge < -0.3 is 51.5 Å². The zero-order chi connectivity index (χ0) is 60.3. The van der Waals surface area contributed by atoms with Gasteiger partial charge >= 0.3 is 35.8 Å². The Morgan fingerprint density at radius 2 is 0.735 bits per heavy atom. The topological polar surface area (TPSA) is 357 Å². The largest absolute Gasteiger partial charge is 0.480 e. The molecule has 3 aromatic carbocycles. The molecule has 28 nitrogen and oxygen atoms in total. The molecule has 5 rings (SSSR count). The van der Waals surface area contributed by atoms with E-state index in [9.17, 15) is 78.6 Å². The number of nitrogens with zero attached hydrogens (tertiary/aromatic N) is 9. The van der Waals surface area contributed by atoms with Crippen LogP contribution in [0.3, 0.4) is 0 Å². The molecule has 0 radical (unpaired) electrons. The van der Waals surface area contributed by atoms with Crippen LogP contribution in [-0.4, -0.2) is 311 Å². The number of carboxylic acids is 6. The Kier molecular flexibility index (Phi) is 27.6. The van der Waals surface area contributed by atoms with E-state index in [4.69, 9.17) is 0 Å². The van der Waals surface area contributed by atoms with Crippen molar-refractivity contribution in [2.75, 3.05) is 177 Å². The van der Waals surface area contributed by atoms with Gasteiger partial charge in [0.2, 0.25) is 23.6 Å². The number of benzene rings is 3.